The Kier molecular flexibility index (Phi) is 6.04. The normalized spacial score (nSPS) is 17.0. The van der Waals surface area contributed by atoms with Crippen LogP contribution >= 0.6 is 11.6 Å². The van der Waals surface area contributed by atoms with Gasteiger partial charge in [-0.1, -0.05) is 28.9 Å². The predicted molar refractivity (Wildman–Crippen MR) is 124 cm³/mol. The first-order valence-electron chi connectivity index (χ1n) is 11.1. The maximum absolute atomic E-state index is 12.9. The maximum atomic E-state index is 12.9. The smallest absolute Gasteiger partial charge is 0.354 e. The molecule has 1 saturated heterocycles. The first-order chi connectivity index (χ1) is 16.3. The van der Waals surface area contributed by atoms with E-state index in [0.717, 1.165) is 36.1 Å². The lowest BCUT2D eigenvalue weighted by molar-refractivity contribution is -0.137. The van der Waals surface area contributed by atoms with Crippen molar-refractivity contribution in [1.29, 1.82) is 0 Å². The number of pyridine rings is 2. The Morgan fingerprint density at radius 3 is 2.71 bits per heavy atom. The topological polar surface area (TPSA) is 55.1 Å². The van der Waals surface area contributed by atoms with Crippen LogP contribution in [0.25, 0.3) is 33.7 Å². The lowest BCUT2D eigenvalue weighted by Gasteiger charge is -2.20. The van der Waals surface area contributed by atoms with Crippen molar-refractivity contribution in [3.05, 3.63) is 64.8 Å². The Balaban J connectivity index is 1.35. The molecule has 34 heavy (non-hydrogen) atoms. The molecule has 0 spiro atoms. The van der Waals surface area contributed by atoms with Gasteiger partial charge in [0.25, 0.3) is 0 Å². The molecule has 0 aliphatic carbocycles. The van der Waals surface area contributed by atoms with Crippen LogP contribution in [0.5, 0.6) is 0 Å². The summed E-state index contributed by atoms with van der Waals surface area (Å²) in [5.41, 5.74) is 2.08. The van der Waals surface area contributed by atoms with Crippen LogP contribution in [0.3, 0.4) is 0 Å². The number of aromatic nitrogens is 3. The van der Waals surface area contributed by atoms with Gasteiger partial charge >= 0.3 is 6.18 Å². The third-order valence-electron chi connectivity index (χ3n) is 6.31. The quantitative estimate of drug-likeness (QED) is 0.316. The van der Waals surface area contributed by atoms with Crippen LogP contribution in [-0.2, 0) is 12.6 Å². The molecular weight excluding hydrogens is 465 g/mol. The summed E-state index contributed by atoms with van der Waals surface area (Å²) in [6, 6.07) is 13.1. The van der Waals surface area contributed by atoms with Crippen LogP contribution in [0.1, 0.15) is 30.9 Å². The number of fused-ring (bicyclic) bond motifs is 1. The highest BCUT2D eigenvalue weighted by Gasteiger charge is 2.32. The molecule has 0 unspecified atom stereocenters. The summed E-state index contributed by atoms with van der Waals surface area (Å²) in [5.74, 6) is 0.377. The minimum absolute atomic E-state index is 0.113. The summed E-state index contributed by atoms with van der Waals surface area (Å²) in [4.78, 5) is 11.0. The molecule has 4 heterocycles. The predicted octanol–water partition coefficient (Wildman–Crippen LogP) is 6.65. The average Bonchev–Trinajstić information content (AvgIpc) is 3.46. The Morgan fingerprint density at radius 1 is 1.12 bits per heavy atom. The zero-order chi connectivity index (χ0) is 23.9. The number of alkyl halides is 3. The standard InChI is InChI=1S/C25H22ClF3N4O/c1-15-3-2-9-33(15)10-8-16-4-6-20-17(11-16)5-7-21(31-20)23-13-22(32-34-23)24-19(26)12-18(14-30-24)25(27,28)29/h4-7,11-15H,2-3,8-10H2,1H3/t15-/m1/s1. The lowest BCUT2D eigenvalue weighted by atomic mass is 10.1. The summed E-state index contributed by atoms with van der Waals surface area (Å²) in [7, 11) is 0. The minimum atomic E-state index is -4.52. The lowest BCUT2D eigenvalue weighted by Crippen LogP contribution is -2.28. The molecule has 1 fully saturated rings. The molecule has 4 aromatic rings. The van der Waals surface area contributed by atoms with Gasteiger partial charge in [0.1, 0.15) is 17.1 Å². The maximum Gasteiger partial charge on any atom is 0.417 e. The Morgan fingerprint density at radius 2 is 1.97 bits per heavy atom. The highest BCUT2D eigenvalue weighted by atomic mass is 35.5. The highest BCUT2D eigenvalue weighted by Crippen LogP contribution is 2.35. The van der Waals surface area contributed by atoms with Crippen molar-refractivity contribution in [2.24, 2.45) is 0 Å². The van der Waals surface area contributed by atoms with E-state index >= 15 is 0 Å². The van der Waals surface area contributed by atoms with Crippen molar-refractivity contribution in [2.45, 2.75) is 38.4 Å². The van der Waals surface area contributed by atoms with Gasteiger partial charge in [0.15, 0.2) is 5.76 Å². The Labute approximate surface area is 199 Å². The number of hydrogen-bond acceptors (Lipinski definition) is 5. The molecular formula is C25H22ClF3N4O. The number of hydrogen-bond donors (Lipinski definition) is 0. The second kappa shape index (κ2) is 9.00. The molecule has 176 valence electrons. The molecule has 0 bridgehead atoms. The van der Waals surface area contributed by atoms with E-state index in [4.69, 9.17) is 16.1 Å². The fourth-order valence-electron chi connectivity index (χ4n) is 4.35. The van der Waals surface area contributed by atoms with Crippen LogP contribution in [0, 0.1) is 0 Å². The van der Waals surface area contributed by atoms with E-state index in [9.17, 15) is 13.2 Å². The molecule has 5 nitrogen and oxygen atoms in total. The highest BCUT2D eigenvalue weighted by molar-refractivity contribution is 6.33. The molecule has 1 aromatic carbocycles. The molecule has 1 aliphatic heterocycles. The van der Waals surface area contributed by atoms with Crippen LogP contribution in [0.15, 0.2) is 53.2 Å². The second-order valence-corrected chi connectivity index (χ2v) is 9.04. The van der Waals surface area contributed by atoms with E-state index in [0.29, 0.717) is 17.5 Å². The van der Waals surface area contributed by atoms with E-state index in [2.05, 4.69) is 39.1 Å². The van der Waals surface area contributed by atoms with E-state index in [-0.39, 0.29) is 16.4 Å². The fourth-order valence-corrected chi connectivity index (χ4v) is 4.62. The van der Waals surface area contributed by atoms with Crippen molar-refractivity contribution in [3.8, 4) is 22.8 Å². The van der Waals surface area contributed by atoms with Gasteiger partial charge in [-0.3, -0.25) is 4.98 Å². The van der Waals surface area contributed by atoms with Crippen LogP contribution < -0.4 is 0 Å². The van der Waals surface area contributed by atoms with Crippen LogP contribution in [0.4, 0.5) is 13.2 Å². The molecule has 1 aliphatic rings. The Bertz CT molecular complexity index is 1340. The van der Waals surface area contributed by atoms with Crippen molar-refractivity contribution in [1.82, 2.24) is 20.0 Å². The molecule has 0 saturated carbocycles. The summed E-state index contributed by atoms with van der Waals surface area (Å²) in [6.45, 7) is 4.51. The summed E-state index contributed by atoms with van der Waals surface area (Å²) < 4.78 is 44.0. The number of halogens is 4. The minimum Gasteiger partial charge on any atom is -0.354 e. The molecule has 0 radical (unpaired) electrons. The summed E-state index contributed by atoms with van der Waals surface area (Å²) >= 11 is 6.03. The van der Waals surface area contributed by atoms with Crippen molar-refractivity contribution >= 4 is 22.5 Å². The largest absolute Gasteiger partial charge is 0.417 e. The van der Waals surface area contributed by atoms with Crippen LogP contribution in [-0.4, -0.2) is 39.2 Å². The van der Waals surface area contributed by atoms with Gasteiger partial charge in [-0.05, 0) is 62.6 Å². The number of benzene rings is 1. The van der Waals surface area contributed by atoms with E-state index in [1.54, 1.807) is 6.07 Å². The number of likely N-dealkylation sites (tertiary alicyclic amines) is 1. The van der Waals surface area contributed by atoms with Gasteiger partial charge in [-0.25, -0.2) is 4.98 Å². The summed E-state index contributed by atoms with van der Waals surface area (Å²) in [5, 5.41) is 4.80. The van der Waals surface area contributed by atoms with Crippen molar-refractivity contribution in [3.63, 3.8) is 0 Å². The first-order valence-corrected chi connectivity index (χ1v) is 11.5. The third-order valence-corrected chi connectivity index (χ3v) is 6.59. The summed E-state index contributed by atoms with van der Waals surface area (Å²) in [6.07, 6.45) is -0.253. The van der Waals surface area contributed by atoms with Crippen molar-refractivity contribution < 1.29 is 17.7 Å². The molecule has 5 rings (SSSR count). The van der Waals surface area contributed by atoms with Gasteiger partial charge in [-0.15, -0.1) is 0 Å². The van der Waals surface area contributed by atoms with E-state index in [1.807, 2.05) is 18.2 Å². The number of rotatable bonds is 5. The molecule has 0 N–H and O–H groups in total. The SMILES string of the molecule is C[C@@H]1CCCN1CCc1ccc2nc(-c3cc(-c4ncc(C(F)(F)F)cc4Cl)no3)ccc2c1. The van der Waals surface area contributed by atoms with Gasteiger partial charge in [0, 0.05) is 30.2 Å². The first kappa shape index (κ1) is 22.8. The fraction of sp³-hybridized carbons (Fsp3) is 0.320. The second-order valence-electron chi connectivity index (χ2n) is 8.63. The molecule has 3 aromatic heterocycles. The van der Waals surface area contributed by atoms with Crippen molar-refractivity contribution in [2.75, 3.05) is 13.1 Å². The number of nitrogens with zero attached hydrogens (tertiary/aromatic N) is 4. The zero-order valence-corrected chi connectivity index (χ0v) is 19.2. The average molecular weight is 487 g/mol. The third kappa shape index (κ3) is 4.65. The van der Waals surface area contributed by atoms with E-state index in [1.165, 1.54) is 24.9 Å². The van der Waals surface area contributed by atoms with Gasteiger partial charge in [0.2, 0.25) is 0 Å². The zero-order valence-electron chi connectivity index (χ0n) is 18.4. The molecule has 1 atom stereocenters. The van der Waals surface area contributed by atoms with Gasteiger partial charge < -0.3 is 9.42 Å². The van der Waals surface area contributed by atoms with Crippen LogP contribution in [0.2, 0.25) is 5.02 Å². The Hall–Kier alpha value is -2.97. The van der Waals surface area contributed by atoms with Gasteiger partial charge in [0.05, 0.1) is 16.1 Å². The molecule has 9 heteroatoms. The molecule has 0 amide bonds. The monoisotopic (exact) mass is 486 g/mol. The van der Waals surface area contributed by atoms with E-state index < -0.39 is 11.7 Å². The van der Waals surface area contributed by atoms with Gasteiger partial charge in [-0.2, -0.15) is 13.2 Å².